The van der Waals surface area contributed by atoms with Crippen molar-refractivity contribution < 1.29 is 4.79 Å². The van der Waals surface area contributed by atoms with Crippen molar-refractivity contribution in [3.05, 3.63) is 11.6 Å². The van der Waals surface area contributed by atoms with E-state index in [4.69, 9.17) is 17.3 Å². The van der Waals surface area contributed by atoms with Gasteiger partial charge in [0, 0.05) is 11.5 Å². The minimum atomic E-state index is 0.0345. The maximum absolute atomic E-state index is 11.3. The van der Waals surface area contributed by atoms with Gasteiger partial charge >= 0.3 is 0 Å². The van der Waals surface area contributed by atoms with Crippen LogP contribution in [0.4, 0.5) is 0 Å². The van der Waals surface area contributed by atoms with Crippen LogP contribution in [0.3, 0.4) is 0 Å². The normalized spacial score (nSPS) is 12.2. The summed E-state index contributed by atoms with van der Waals surface area (Å²) < 4.78 is 0. The number of nitrogens with two attached hydrogens (primary N) is 1. The van der Waals surface area contributed by atoms with Crippen LogP contribution in [-0.4, -0.2) is 19.0 Å². The zero-order chi connectivity index (χ0) is 11.7. The average molecular weight is 233 g/mol. The van der Waals surface area contributed by atoms with Crippen molar-refractivity contribution in [2.45, 2.75) is 32.6 Å². The summed E-state index contributed by atoms with van der Waals surface area (Å²) in [4.78, 5) is 11.3. The molecule has 0 aliphatic rings. The highest BCUT2D eigenvalue weighted by Crippen LogP contribution is 2.14. The lowest BCUT2D eigenvalue weighted by Crippen LogP contribution is -2.25. The van der Waals surface area contributed by atoms with Gasteiger partial charge in [-0.25, -0.2) is 0 Å². The lowest BCUT2D eigenvalue weighted by molar-refractivity contribution is -0.121. The molecule has 0 aromatic rings. The van der Waals surface area contributed by atoms with Crippen molar-refractivity contribution in [3.8, 4) is 0 Å². The Bertz CT molecular complexity index is 207. The molecular formula is C11H21ClN2O. The van der Waals surface area contributed by atoms with Gasteiger partial charge in [0.25, 0.3) is 0 Å². The van der Waals surface area contributed by atoms with Crippen LogP contribution in [0.2, 0.25) is 0 Å². The Kier molecular flexibility index (Phi) is 8.43. The summed E-state index contributed by atoms with van der Waals surface area (Å²) in [5.41, 5.74) is 5.48. The molecule has 1 atom stereocenters. The number of nitrogens with one attached hydrogen (secondary N) is 1. The van der Waals surface area contributed by atoms with Gasteiger partial charge in [-0.3, -0.25) is 4.79 Å². The summed E-state index contributed by atoms with van der Waals surface area (Å²) in [6.45, 7) is 6.67. The van der Waals surface area contributed by atoms with E-state index in [1.54, 1.807) is 0 Å². The molecule has 3 nitrogen and oxygen atoms in total. The summed E-state index contributed by atoms with van der Waals surface area (Å²) >= 11 is 5.54. The molecule has 1 unspecified atom stereocenters. The molecule has 0 fully saturated rings. The first-order valence-corrected chi connectivity index (χ1v) is 5.78. The number of carbonyl (C=O) groups excluding carboxylic acids is 1. The molecule has 0 saturated carbocycles. The van der Waals surface area contributed by atoms with Crippen LogP contribution in [0.5, 0.6) is 0 Å². The van der Waals surface area contributed by atoms with Crippen molar-refractivity contribution in [1.29, 1.82) is 0 Å². The van der Waals surface area contributed by atoms with E-state index in [0.29, 0.717) is 30.5 Å². The highest BCUT2D eigenvalue weighted by Gasteiger charge is 2.08. The van der Waals surface area contributed by atoms with Crippen molar-refractivity contribution in [1.82, 2.24) is 5.32 Å². The maximum atomic E-state index is 11.3. The van der Waals surface area contributed by atoms with E-state index in [0.717, 1.165) is 19.3 Å². The monoisotopic (exact) mass is 232 g/mol. The molecule has 3 N–H and O–H groups in total. The quantitative estimate of drug-likeness (QED) is 0.673. The molecule has 0 aromatic heterocycles. The fourth-order valence-corrected chi connectivity index (χ4v) is 1.47. The van der Waals surface area contributed by atoms with Gasteiger partial charge in [0.2, 0.25) is 5.91 Å². The number of halogens is 1. The molecular weight excluding hydrogens is 212 g/mol. The highest BCUT2D eigenvalue weighted by molar-refractivity contribution is 6.29. The van der Waals surface area contributed by atoms with Gasteiger partial charge in [-0.05, 0) is 25.3 Å². The first-order chi connectivity index (χ1) is 7.10. The third-order valence-corrected chi connectivity index (χ3v) is 2.54. The van der Waals surface area contributed by atoms with E-state index >= 15 is 0 Å². The first-order valence-electron chi connectivity index (χ1n) is 5.40. The molecule has 4 heteroatoms. The van der Waals surface area contributed by atoms with Crippen LogP contribution in [0.1, 0.15) is 32.6 Å². The second-order valence-electron chi connectivity index (χ2n) is 3.68. The van der Waals surface area contributed by atoms with Crippen LogP contribution in [-0.2, 0) is 4.79 Å². The van der Waals surface area contributed by atoms with E-state index in [1.165, 1.54) is 0 Å². The van der Waals surface area contributed by atoms with Crippen LogP contribution < -0.4 is 11.1 Å². The average Bonchev–Trinajstić information content (AvgIpc) is 2.21. The summed E-state index contributed by atoms with van der Waals surface area (Å²) in [6.07, 6.45) is 3.51. The third kappa shape index (κ3) is 8.45. The molecule has 1 amide bonds. The predicted molar refractivity (Wildman–Crippen MR) is 64.7 cm³/mol. The Labute approximate surface area is 97.1 Å². The van der Waals surface area contributed by atoms with E-state index in [2.05, 4.69) is 18.8 Å². The molecule has 88 valence electrons. The Balaban J connectivity index is 3.63. The van der Waals surface area contributed by atoms with Crippen LogP contribution in [0.15, 0.2) is 11.6 Å². The minimum Gasteiger partial charge on any atom is -0.351 e. The molecule has 0 rings (SSSR count). The van der Waals surface area contributed by atoms with Crippen LogP contribution in [0, 0.1) is 5.92 Å². The molecule has 0 aliphatic carbocycles. The van der Waals surface area contributed by atoms with Gasteiger partial charge in [0.15, 0.2) is 0 Å². The third-order valence-electron chi connectivity index (χ3n) is 2.41. The first kappa shape index (κ1) is 14.5. The summed E-state index contributed by atoms with van der Waals surface area (Å²) in [7, 11) is 0. The predicted octanol–water partition coefficient (Wildman–Crippen LogP) is 2.01. The molecule has 15 heavy (non-hydrogen) atoms. The Morgan fingerprint density at radius 2 is 2.20 bits per heavy atom. The smallest absolute Gasteiger partial charge is 0.220 e. The summed E-state index contributed by atoms with van der Waals surface area (Å²) in [5, 5.41) is 3.16. The van der Waals surface area contributed by atoms with E-state index in [9.17, 15) is 4.79 Å². The molecule has 0 saturated heterocycles. The van der Waals surface area contributed by atoms with Crippen molar-refractivity contribution >= 4 is 17.5 Å². The molecule has 0 radical (unpaired) electrons. The minimum absolute atomic E-state index is 0.0345. The molecule has 0 bridgehead atoms. The summed E-state index contributed by atoms with van der Waals surface area (Å²) in [5.74, 6) is 0.590. The van der Waals surface area contributed by atoms with Gasteiger partial charge in [-0.15, -0.1) is 0 Å². The molecule has 0 aliphatic heterocycles. The van der Waals surface area contributed by atoms with Crippen molar-refractivity contribution in [3.63, 3.8) is 0 Å². The SMILES string of the molecule is C=C(Cl)CNC(=O)CCC(CC)CCN. The fourth-order valence-electron chi connectivity index (χ4n) is 1.41. The number of hydrogen-bond donors (Lipinski definition) is 2. The number of carbonyl (C=O) groups is 1. The standard InChI is InChI=1S/C11H21ClN2O/c1-3-10(6-7-13)4-5-11(15)14-8-9(2)12/h10H,2-8,13H2,1H3,(H,14,15). The van der Waals surface area contributed by atoms with Gasteiger partial charge in [0.05, 0.1) is 6.54 Å². The molecule has 0 spiro atoms. The van der Waals surface area contributed by atoms with Gasteiger partial charge < -0.3 is 11.1 Å². The topological polar surface area (TPSA) is 55.1 Å². The largest absolute Gasteiger partial charge is 0.351 e. The summed E-state index contributed by atoms with van der Waals surface area (Å²) in [6, 6.07) is 0. The molecule has 0 heterocycles. The number of rotatable bonds is 8. The Morgan fingerprint density at radius 1 is 1.53 bits per heavy atom. The van der Waals surface area contributed by atoms with Gasteiger partial charge in [-0.2, -0.15) is 0 Å². The Morgan fingerprint density at radius 3 is 2.67 bits per heavy atom. The van der Waals surface area contributed by atoms with Crippen molar-refractivity contribution in [2.75, 3.05) is 13.1 Å². The van der Waals surface area contributed by atoms with E-state index < -0.39 is 0 Å². The zero-order valence-corrected chi connectivity index (χ0v) is 10.1. The van der Waals surface area contributed by atoms with Crippen LogP contribution in [0.25, 0.3) is 0 Å². The fraction of sp³-hybridized carbons (Fsp3) is 0.727. The second kappa shape index (κ2) is 8.74. The highest BCUT2D eigenvalue weighted by atomic mass is 35.5. The van der Waals surface area contributed by atoms with E-state index in [-0.39, 0.29) is 5.91 Å². The number of amides is 1. The van der Waals surface area contributed by atoms with E-state index in [1.807, 2.05) is 0 Å². The van der Waals surface area contributed by atoms with Crippen LogP contribution >= 0.6 is 11.6 Å². The van der Waals surface area contributed by atoms with Gasteiger partial charge in [0.1, 0.15) is 0 Å². The second-order valence-corrected chi connectivity index (χ2v) is 4.22. The zero-order valence-electron chi connectivity index (χ0n) is 9.39. The lowest BCUT2D eigenvalue weighted by atomic mass is 9.96. The van der Waals surface area contributed by atoms with Crippen molar-refractivity contribution in [2.24, 2.45) is 11.7 Å². The molecule has 0 aromatic carbocycles. The Hall–Kier alpha value is -0.540. The maximum Gasteiger partial charge on any atom is 0.220 e. The van der Waals surface area contributed by atoms with Gasteiger partial charge in [-0.1, -0.05) is 31.5 Å². The lowest BCUT2D eigenvalue weighted by Gasteiger charge is -2.12. The number of hydrogen-bond acceptors (Lipinski definition) is 2.